The quantitative estimate of drug-likeness (QED) is 0.191. The molecule has 4 nitrogen and oxygen atoms in total. The Bertz CT molecular complexity index is 1120. The van der Waals surface area contributed by atoms with Crippen LogP contribution in [0.4, 0.5) is 64.1 Å². The van der Waals surface area contributed by atoms with Gasteiger partial charge in [-0.25, -0.2) is 0 Å². The van der Waals surface area contributed by atoms with E-state index in [-0.39, 0.29) is 48.9 Å². The van der Waals surface area contributed by atoms with Crippen molar-refractivity contribution in [2.24, 2.45) is 0 Å². The van der Waals surface area contributed by atoms with Crippen molar-refractivity contribution in [3.63, 3.8) is 0 Å². The second-order valence-corrected chi connectivity index (χ2v) is 9.52. The lowest BCUT2D eigenvalue weighted by Crippen LogP contribution is -2.54. The standard InChI is InChI=1S/C25H26F12N2O2/c1-3-5-14-8-12(10-16(18(14)38)20(40,22(26,27)28)23(29,30)31)7-13-9-15(6-4-2)19(39)17(11-13)21(41,24(32,33)34)25(35,36)37/h8-11,40-41H,3-7,38-39H2,1-2H3. The predicted molar refractivity (Wildman–Crippen MR) is 125 cm³/mol. The Kier molecular flexibility index (Phi) is 9.27. The molecule has 0 saturated heterocycles. The summed E-state index contributed by atoms with van der Waals surface area (Å²) in [6.07, 6.45) is -26.2. The fraction of sp³-hybridized carbons (Fsp3) is 0.520. The SMILES string of the molecule is CCCc1cc(Cc2cc(CCC)c(N)c(C(O)(C(F)(F)F)C(F)(F)F)c2)cc(C(O)(C(F)(F)F)C(F)(F)F)c1N. The first-order valence-electron chi connectivity index (χ1n) is 11.9. The maximum Gasteiger partial charge on any atom is 0.430 e. The molecule has 0 aliphatic carbocycles. The topological polar surface area (TPSA) is 92.5 Å². The van der Waals surface area contributed by atoms with E-state index in [9.17, 15) is 62.9 Å². The molecule has 0 aromatic heterocycles. The highest BCUT2D eigenvalue weighted by atomic mass is 19.4. The third-order valence-electron chi connectivity index (χ3n) is 6.52. The molecule has 0 heterocycles. The Hall–Kier alpha value is -2.88. The second-order valence-electron chi connectivity index (χ2n) is 9.52. The minimum Gasteiger partial charge on any atom is -0.398 e. The molecule has 2 aromatic rings. The summed E-state index contributed by atoms with van der Waals surface area (Å²) < 4.78 is 164. The first kappa shape index (κ1) is 34.3. The van der Waals surface area contributed by atoms with E-state index >= 15 is 0 Å². The Morgan fingerprint density at radius 3 is 1.02 bits per heavy atom. The van der Waals surface area contributed by atoms with Crippen LogP contribution in [0.5, 0.6) is 0 Å². The number of alkyl halides is 12. The largest absolute Gasteiger partial charge is 0.430 e. The van der Waals surface area contributed by atoms with E-state index in [1.54, 1.807) is 0 Å². The van der Waals surface area contributed by atoms with E-state index in [1.807, 2.05) is 0 Å². The van der Waals surface area contributed by atoms with Gasteiger partial charge in [0.15, 0.2) is 0 Å². The Labute approximate surface area is 225 Å². The first-order valence-corrected chi connectivity index (χ1v) is 11.9. The molecule has 0 radical (unpaired) electrons. The highest BCUT2D eigenvalue weighted by molar-refractivity contribution is 5.62. The summed E-state index contributed by atoms with van der Waals surface area (Å²) in [6, 6.07) is 2.55. The maximum atomic E-state index is 13.7. The number of nitrogens with two attached hydrogens (primary N) is 2. The van der Waals surface area contributed by atoms with Crippen LogP contribution in [0.1, 0.15) is 60.1 Å². The zero-order valence-electron chi connectivity index (χ0n) is 21.4. The third kappa shape index (κ3) is 6.03. The van der Waals surface area contributed by atoms with Crippen molar-refractivity contribution in [3.8, 4) is 0 Å². The minimum atomic E-state index is -6.32. The maximum absolute atomic E-state index is 13.7. The molecule has 0 aliphatic rings. The van der Waals surface area contributed by atoms with E-state index in [0.717, 1.165) is 12.1 Å². The molecule has 0 atom stereocenters. The third-order valence-corrected chi connectivity index (χ3v) is 6.52. The minimum absolute atomic E-state index is 0.153. The summed E-state index contributed by atoms with van der Waals surface area (Å²) in [5.41, 5.74) is -6.82. The van der Waals surface area contributed by atoms with Crippen LogP contribution in [0.15, 0.2) is 24.3 Å². The van der Waals surface area contributed by atoms with Gasteiger partial charge in [-0.1, -0.05) is 38.8 Å². The Morgan fingerprint density at radius 1 is 0.537 bits per heavy atom. The number of halogens is 12. The van der Waals surface area contributed by atoms with Crippen molar-refractivity contribution in [3.05, 3.63) is 57.6 Å². The van der Waals surface area contributed by atoms with Gasteiger partial charge in [-0.15, -0.1) is 0 Å². The number of benzene rings is 2. The highest BCUT2D eigenvalue weighted by Crippen LogP contribution is 2.54. The molecule has 41 heavy (non-hydrogen) atoms. The van der Waals surface area contributed by atoms with E-state index in [1.165, 1.54) is 13.8 Å². The van der Waals surface area contributed by atoms with Gasteiger partial charge in [0.25, 0.3) is 11.2 Å². The number of hydrogen-bond donors (Lipinski definition) is 4. The normalized spacial score (nSPS) is 14.0. The van der Waals surface area contributed by atoms with Gasteiger partial charge in [0.2, 0.25) is 0 Å². The molecule has 0 saturated carbocycles. The lowest BCUT2D eigenvalue weighted by atomic mass is 9.83. The van der Waals surface area contributed by atoms with Crippen molar-refractivity contribution in [2.75, 3.05) is 11.5 Å². The van der Waals surface area contributed by atoms with Crippen molar-refractivity contribution < 1.29 is 62.9 Å². The van der Waals surface area contributed by atoms with Gasteiger partial charge in [-0.05, 0) is 53.6 Å². The number of rotatable bonds is 8. The number of aliphatic hydroxyl groups is 2. The van der Waals surface area contributed by atoms with Crippen molar-refractivity contribution in [2.45, 2.75) is 81.9 Å². The molecular formula is C25H26F12N2O2. The fourth-order valence-electron chi connectivity index (χ4n) is 4.48. The Balaban J connectivity index is 2.93. The van der Waals surface area contributed by atoms with Crippen LogP contribution < -0.4 is 11.5 Å². The van der Waals surface area contributed by atoms with Crippen LogP contribution in [-0.4, -0.2) is 34.9 Å². The van der Waals surface area contributed by atoms with Gasteiger partial charge in [-0.2, -0.15) is 52.7 Å². The smallest absolute Gasteiger partial charge is 0.398 e. The van der Waals surface area contributed by atoms with Gasteiger partial charge in [0.05, 0.1) is 0 Å². The zero-order chi connectivity index (χ0) is 32.0. The molecule has 6 N–H and O–H groups in total. The van der Waals surface area contributed by atoms with Crippen LogP contribution in [0, 0.1) is 0 Å². The zero-order valence-corrected chi connectivity index (χ0v) is 21.4. The monoisotopic (exact) mass is 614 g/mol. The average molecular weight is 614 g/mol. The van der Waals surface area contributed by atoms with Crippen LogP contribution in [-0.2, 0) is 30.5 Å². The molecule has 0 aliphatic heterocycles. The van der Waals surface area contributed by atoms with Crippen molar-refractivity contribution in [1.29, 1.82) is 0 Å². The second kappa shape index (κ2) is 11.1. The molecule has 232 valence electrons. The van der Waals surface area contributed by atoms with Crippen LogP contribution >= 0.6 is 0 Å². The molecular weight excluding hydrogens is 588 g/mol. The van der Waals surface area contributed by atoms with E-state index in [0.29, 0.717) is 0 Å². The van der Waals surface area contributed by atoms with Gasteiger partial charge in [0.1, 0.15) is 0 Å². The molecule has 0 fully saturated rings. The first-order chi connectivity index (χ1) is 18.4. The van der Waals surface area contributed by atoms with Crippen molar-refractivity contribution in [1.82, 2.24) is 0 Å². The van der Waals surface area contributed by atoms with Gasteiger partial charge in [-0.3, -0.25) is 0 Å². The number of hydrogen-bond acceptors (Lipinski definition) is 4. The summed E-state index contributed by atoms with van der Waals surface area (Å²) in [6.45, 7) is 3.01. The van der Waals surface area contributed by atoms with E-state index in [4.69, 9.17) is 11.5 Å². The summed E-state index contributed by atoms with van der Waals surface area (Å²) in [5, 5.41) is 19.9. The summed E-state index contributed by atoms with van der Waals surface area (Å²) in [4.78, 5) is 0. The summed E-state index contributed by atoms with van der Waals surface area (Å²) in [7, 11) is 0. The summed E-state index contributed by atoms with van der Waals surface area (Å²) >= 11 is 0. The highest BCUT2D eigenvalue weighted by Gasteiger charge is 2.73. The van der Waals surface area contributed by atoms with E-state index < -0.39 is 76.0 Å². The average Bonchev–Trinajstić information content (AvgIpc) is 2.79. The molecule has 0 spiro atoms. The van der Waals surface area contributed by atoms with Gasteiger partial charge in [0, 0.05) is 22.5 Å². The summed E-state index contributed by atoms with van der Waals surface area (Å²) in [5.74, 6) is 0. The fourth-order valence-corrected chi connectivity index (χ4v) is 4.48. The van der Waals surface area contributed by atoms with Gasteiger partial charge >= 0.3 is 24.7 Å². The lowest BCUT2D eigenvalue weighted by Gasteiger charge is -2.35. The van der Waals surface area contributed by atoms with Crippen molar-refractivity contribution >= 4 is 11.4 Å². The molecule has 2 aromatic carbocycles. The Morgan fingerprint density at radius 2 is 0.805 bits per heavy atom. The number of aryl methyl sites for hydroxylation is 2. The van der Waals surface area contributed by atoms with Crippen LogP contribution in [0.3, 0.4) is 0 Å². The predicted octanol–water partition coefficient (Wildman–Crippen LogP) is 6.97. The van der Waals surface area contributed by atoms with E-state index in [2.05, 4.69) is 0 Å². The van der Waals surface area contributed by atoms with Gasteiger partial charge < -0.3 is 21.7 Å². The number of anilines is 2. The van der Waals surface area contributed by atoms with Crippen LogP contribution in [0.25, 0.3) is 0 Å². The number of nitrogen functional groups attached to an aromatic ring is 2. The molecule has 16 heteroatoms. The lowest BCUT2D eigenvalue weighted by molar-refractivity contribution is -0.376. The van der Waals surface area contributed by atoms with Crippen LogP contribution in [0.2, 0.25) is 0 Å². The molecule has 0 amide bonds. The molecule has 0 unspecified atom stereocenters. The molecule has 0 bridgehead atoms. The molecule has 2 rings (SSSR count).